The molecular weight excluding hydrogens is 289 g/mol. The minimum atomic E-state index is -4.45. The minimum Gasteiger partial charge on any atom is -0.368 e. The third-order valence-electron chi connectivity index (χ3n) is 2.75. The molecule has 0 aliphatic carbocycles. The molecule has 1 atom stereocenters. The molecule has 2 heterocycles. The molecule has 0 bridgehead atoms. The van der Waals surface area contributed by atoms with Gasteiger partial charge in [-0.05, 0) is 17.9 Å². The van der Waals surface area contributed by atoms with E-state index in [-0.39, 0.29) is 0 Å². The number of thioether (sulfide) groups is 1. The third-order valence-corrected chi connectivity index (χ3v) is 3.65. The van der Waals surface area contributed by atoms with E-state index < -0.39 is 11.9 Å². The first-order valence-corrected chi connectivity index (χ1v) is 7.45. The van der Waals surface area contributed by atoms with Gasteiger partial charge in [-0.15, -0.1) is 0 Å². The summed E-state index contributed by atoms with van der Waals surface area (Å²) < 4.78 is 39.2. The van der Waals surface area contributed by atoms with Crippen LogP contribution in [0.4, 0.5) is 19.0 Å². The van der Waals surface area contributed by atoms with E-state index >= 15 is 0 Å². The Morgan fingerprint density at radius 3 is 2.85 bits per heavy atom. The zero-order chi connectivity index (χ0) is 14.8. The Morgan fingerprint density at radius 2 is 2.20 bits per heavy atom. The van der Waals surface area contributed by atoms with Crippen molar-refractivity contribution in [2.75, 3.05) is 23.9 Å². The molecule has 1 unspecified atom stereocenters. The maximum atomic E-state index is 12.7. The number of halogens is 3. The number of hydrogen-bond acceptors (Lipinski definition) is 4. The highest BCUT2D eigenvalue weighted by molar-refractivity contribution is 7.98. The van der Waals surface area contributed by atoms with Crippen molar-refractivity contribution < 1.29 is 13.2 Å². The highest BCUT2D eigenvalue weighted by Crippen LogP contribution is 2.30. The number of hydrogen-bond donors (Lipinski definition) is 1. The van der Waals surface area contributed by atoms with Gasteiger partial charge >= 0.3 is 6.18 Å². The molecular formula is C12H15F3N4S. The van der Waals surface area contributed by atoms with Gasteiger partial charge in [-0.3, -0.25) is 0 Å². The van der Waals surface area contributed by atoms with Gasteiger partial charge in [0.2, 0.25) is 0 Å². The first-order chi connectivity index (χ1) is 9.41. The van der Waals surface area contributed by atoms with Crippen LogP contribution in [0.5, 0.6) is 0 Å². The summed E-state index contributed by atoms with van der Waals surface area (Å²) in [4.78, 5) is 4.09. The fraction of sp³-hybridized carbons (Fsp3) is 0.500. The van der Waals surface area contributed by atoms with E-state index in [1.54, 1.807) is 11.8 Å². The molecule has 20 heavy (non-hydrogen) atoms. The zero-order valence-corrected chi connectivity index (χ0v) is 11.9. The number of anilines is 1. The predicted octanol–water partition coefficient (Wildman–Crippen LogP) is 3.16. The van der Waals surface area contributed by atoms with Crippen molar-refractivity contribution in [1.29, 1.82) is 0 Å². The summed E-state index contributed by atoms with van der Waals surface area (Å²) in [6, 6.07) is 1.01. The second kappa shape index (κ2) is 5.90. The van der Waals surface area contributed by atoms with Gasteiger partial charge in [0.15, 0.2) is 11.5 Å². The lowest BCUT2D eigenvalue weighted by Gasteiger charge is -2.12. The van der Waals surface area contributed by atoms with Crippen molar-refractivity contribution in [2.45, 2.75) is 13.1 Å². The second-order valence-electron chi connectivity index (χ2n) is 4.57. The fourth-order valence-electron chi connectivity index (χ4n) is 1.81. The molecule has 0 radical (unpaired) electrons. The number of fused-ring (bicyclic) bond motifs is 1. The molecule has 0 aromatic carbocycles. The third kappa shape index (κ3) is 3.36. The van der Waals surface area contributed by atoms with E-state index in [9.17, 15) is 13.2 Å². The summed E-state index contributed by atoms with van der Waals surface area (Å²) in [6.45, 7) is 2.72. The van der Waals surface area contributed by atoms with Crippen LogP contribution in [0.3, 0.4) is 0 Å². The molecule has 0 fully saturated rings. The molecule has 1 N–H and O–H groups in total. The first kappa shape index (κ1) is 15.0. The Balaban J connectivity index is 2.23. The van der Waals surface area contributed by atoms with Crippen LogP contribution < -0.4 is 5.32 Å². The SMILES string of the molecule is CSCC(C)CNc1nccn2nc(C(F)(F)F)cc12. The van der Waals surface area contributed by atoms with Gasteiger partial charge in [-0.1, -0.05) is 6.92 Å². The Morgan fingerprint density at radius 1 is 1.45 bits per heavy atom. The maximum Gasteiger partial charge on any atom is 0.435 e. The van der Waals surface area contributed by atoms with E-state index in [0.29, 0.717) is 23.8 Å². The lowest BCUT2D eigenvalue weighted by atomic mass is 10.2. The highest BCUT2D eigenvalue weighted by atomic mass is 32.2. The van der Waals surface area contributed by atoms with Crippen molar-refractivity contribution >= 4 is 23.1 Å². The lowest BCUT2D eigenvalue weighted by Crippen LogP contribution is -2.14. The van der Waals surface area contributed by atoms with Crippen LogP contribution in [0.15, 0.2) is 18.5 Å². The van der Waals surface area contributed by atoms with Crippen LogP contribution in [0, 0.1) is 5.92 Å². The summed E-state index contributed by atoms with van der Waals surface area (Å²) in [6.07, 6.45) is 0.403. The Kier molecular flexibility index (Phi) is 4.42. The van der Waals surface area contributed by atoms with E-state index in [2.05, 4.69) is 22.3 Å². The average Bonchev–Trinajstić information content (AvgIpc) is 2.81. The van der Waals surface area contributed by atoms with Gasteiger partial charge < -0.3 is 5.32 Å². The molecule has 0 aliphatic rings. The molecule has 110 valence electrons. The number of nitrogens with one attached hydrogen (secondary N) is 1. The van der Waals surface area contributed by atoms with E-state index in [0.717, 1.165) is 11.8 Å². The quantitative estimate of drug-likeness (QED) is 0.921. The zero-order valence-electron chi connectivity index (χ0n) is 11.1. The van der Waals surface area contributed by atoms with Gasteiger partial charge in [0.25, 0.3) is 0 Å². The molecule has 0 amide bonds. The van der Waals surface area contributed by atoms with Crippen LogP contribution in [-0.4, -0.2) is 33.2 Å². The fourth-order valence-corrected chi connectivity index (χ4v) is 2.50. The van der Waals surface area contributed by atoms with Crippen molar-refractivity contribution in [2.24, 2.45) is 5.92 Å². The van der Waals surface area contributed by atoms with Crippen LogP contribution in [0.25, 0.3) is 5.52 Å². The average molecular weight is 304 g/mol. The standard InChI is InChI=1S/C12H15F3N4S/c1-8(7-20-2)6-17-11-9-5-10(12(13,14)15)18-19(9)4-3-16-11/h3-5,8H,6-7H2,1-2H3,(H,16,17). The maximum absolute atomic E-state index is 12.7. The van der Waals surface area contributed by atoms with E-state index in [4.69, 9.17) is 0 Å². The Hall–Kier alpha value is -1.44. The largest absolute Gasteiger partial charge is 0.435 e. The molecule has 2 rings (SSSR count). The molecule has 0 saturated carbocycles. The lowest BCUT2D eigenvalue weighted by molar-refractivity contribution is -0.141. The topological polar surface area (TPSA) is 42.2 Å². The number of nitrogens with zero attached hydrogens (tertiary/aromatic N) is 3. The normalized spacial score (nSPS) is 13.7. The van der Waals surface area contributed by atoms with Gasteiger partial charge in [-0.25, -0.2) is 9.50 Å². The highest BCUT2D eigenvalue weighted by Gasteiger charge is 2.34. The molecule has 2 aromatic heterocycles. The van der Waals surface area contributed by atoms with Crippen LogP contribution >= 0.6 is 11.8 Å². The summed E-state index contributed by atoms with van der Waals surface area (Å²) in [5, 5.41) is 6.60. The van der Waals surface area contributed by atoms with E-state index in [1.165, 1.54) is 16.9 Å². The van der Waals surface area contributed by atoms with Gasteiger partial charge in [-0.2, -0.15) is 30.0 Å². The molecule has 8 heteroatoms. The number of alkyl halides is 3. The van der Waals surface area contributed by atoms with Crippen LogP contribution in [0.1, 0.15) is 12.6 Å². The summed E-state index contributed by atoms with van der Waals surface area (Å²) in [5.74, 6) is 1.80. The summed E-state index contributed by atoms with van der Waals surface area (Å²) in [5.41, 5.74) is -0.582. The van der Waals surface area contributed by atoms with Crippen molar-refractivity contribution in [1.82, 2.24) is 14.6 Å². The van der Waals surface area contributed by atoms with Gasteiger partial charge in [0, 0.05) is 25.0 Å². The monoisotopic (exact) mass is 304 g/mol. The Bertz CT molecular complexity index is 582. The van der Waals surface area contributed by atoms with Gasteiger partial charge in [0.05, 0.1) is 0 Å². The summed E-state index contributed by atoms with van der Waals surface area (Å²) >= 11 is 1.73. The molecule has 0 aliphatic heterocycles. The summed E-state index contributed by atoms with van der Waals surface area (Å²) in [7, 11) is 0. The minimum absolute atomic E-state index is 0.330. The molecule has 0 spiro atoms. The first-order valence-electron chi connectivity index (χ1n) is 6.06. The van der Waals surface area contributed by atoms with Gasteiger partial charge in [0.1, 0.15) is 5.52 Å². The van der Waals surface area contributed by atoms with Crippen molar-refractivity contribution in [3.05, 3.63) is 24.2 Å². The van der Waals surface area contributed by atoms with Crippen LogP contribution in [0.2, 0.25) is 0 Å². The van der Waals surface area contributed by atoms with Crippen LogP contribution in [-0.2, 0) is 6.18 Å². The van der Waals surface area contributed by atoms with E-state index in [1.807, 2.05) is 6.26 Å². The predicted molar refractivity (Wildman–Crippen MR) is 74.0 cm³/mol. The molecule has 2 aromatic rings. The molecule has 0 saturated heterocycles. The second-order valence-corrected chi connectivity index (χ2v) is 5.49. The smallest absolute Gasteiger partial charge is 0.368 e. The number of aromatic nitrogens is 3. The van der Waals surface area contributed by atoms with Crippen molar-refractivity contribution in [3.8, 4) is 0 Å². The Labute approximate surface area is 118 Å². The molecule has 4 nitrogen and oxygen atoms in total. The van der Waals surface area contributed by atoms with Crippen molar-refractivity contribution in [3.63, 3.8) is 0 Å². The number of rotatable bonds is 5.